The van der Waals surface area contributed by atoms with E-state index >= 15 is 0 Å². The Bertz CT molecular complexity index is 551. The van der Waals surface area contributed by atoms with Crippen molar-refractivity contribution in [2.75, 3.05) is 5.88 Å². The van der Waals surface area contributed by atoms with E-state index in [1.54, 1.807) is 0 Å². The molecule has 5 heteroatoms. The monoisotopic (exact) mass is 282 g/mol. The molecule has 0 aliphatic rings. The average Bonchev–Trinajstić information content (AvgIpc) is 2.87. The van der Waals surface area contributed by atoms with Gasteiger partial charge in [-0.2, -0.15) is 5.10 Å². The number of aromatic nitrogens is 4. The third kappa shape index (κ3) is 2.64. The van der Waals surface area contributed by atoms with Gasteiger partial charge in [0.15, 0.2) is 5.65 Å². The third-order valence-electron chi connectivity index (χ3n) is 3.88. The molecule has 0 bridgehead atoms. The molecule has 0 saturated heterocycles. The van der Waals surface area contributed by atoms with Crippen LogP contribution in [-0.4, -0.2) is 25.2 Å². The van der Waals surface area contributed by atoms with E-state index in [1.807, 2.05) is 18.7 Å². The maximum Gasteiger partial charge on any atom is 0.158 e. The number of alkyl halides is 1. The first-order chi connectivity index (χ1) is 9.12. The van der Waals surface area contributed by atoms with Gasteiger partial charge in [-0.25, -0.2) is 4.98 Å². The van der Waals surface area contributed by atoms with Crippen LogP contribution >= 0.6 is 11.6 Å². The summed E-state index contributed by atoms with van der Waals surface area (Å²) < 4.78 is 4.26. The molecular weight excluding hydrogens is 260 g/mol. The predicted octanol–water partition coefficient (Wildman–Crippen LogP) is 3.30. The number of aryl methyl sites for hydroxylation is 3. The van der Waals surface area contributed by atoms with E-state index in [1.165, 1.54) is 12.8 Å². The molecule has 0 N–H and O–H groups in total. The Morgan fingerprint density at radius 2 is 1.95 bits per heavy atom. The van der Waals surface area contributed by atoms with E-state index in [9.17, 15) is 0 Å². The zero-order chi connectivity index (χ0) is 14.0. The molecule has 2 heterocycles. The maximum absolute atomic E-state index is 5.91. The van der Waals surface area contributed by atoms with Crippen molar-refractivity contribution in [3.63, 3.8) is 0 Å². The van der Waals surface area contributed by atoms with Gasteiger partial charge in [0.2, 0.25) is 0 Å². The summed E-state index contributed by atoms with van der Waals surface area (Å²) in [5, 5.41) is 4.47. The van der Waals surface area contributed by atoms with Gasteiger partial charge in [-0.05, 0) is 12.8 Å². The SMILES string of the molecule is CCC(CC)Cn1c(CCCl)nc2c(C)nn(C)c21. The molecule has 0 atom stereocenters. The van der Waals surface area contributed by atoms with Gasteiger partial charge in [-0.1, -0.05) is 26.7 Å². The van der Waals surface area contributed by atoms with Gasteiger partial charge in [0, 0.05) is 25.9 Å². The highest BCUT2D eigenvalue weighted by Gasteiger charge is 2.18. The van der Waals surface area contributed by atoms with Crippen LogP contribution in [0.3, 0.4) is 0 Å². The second-order valence-corrected chi connectivity index (χ2v) is 5.52. The molecule has 2 aromatic heterocycles. The second-order valence-electron chi connectivity index (χ2n) is 5.14. The topological polar surface area (TPSA) is 35.6 Å². The summed E-state index contributed by atoms with van der Waals surface area (Å²) in [6.07, 6.45) is 3.19. The molecular formula is C14H23ClN4. The Morgan fingerprint density at radius 3 is 2.53 bits per heavy atom. The van der Waals surface area contributed by atoms with Gasteiger partial charge >= 0.3 is 0 Å². The summed E-state index contributed by atoms with van der Waals surface area (Å²) >= 11 is 5.91. The van der Waals surface area contributed by atoms with Crippen molar-refractivity contribution in [1.82, 2.24) is 19.3 Å². The van der Waals surface area contributed by atoms with Crippen LogP contribution in [0, 0.1) is 12.8 Å². The van der Waals surface area contributed by atoms with Crippen LogP contribution in [0.1, 0.15) is 38.2 Å². The lowest BCUT2D eigenvalue weighted by Crippen LogP contribution is -2.14. The summed E-state index contributed by atoms with van der Waals surface area (Å²) in [7, 11) is 1.99. The van der Waals surface area contributed by atoms with Crippen molar-refractivity contribution in [3.05, 3.63) is 11.5 Å². The quantitative estimate of drug-likeness (QED) is 0.762. The van der Waals surface area contributed by atoms with E-state index in [-0.39, 0.29) is 0 Å². The molecule has 0 aliphatic heterocycles. The van der Waals surface area contributed by atoms with Gasteiger partial charge in [-0.15, -0.1) is 11.6 Å². The van der Waals surface area contributed by atoms with Crippen molar-refractivity contribution in [2.24, 2.45) is 13.0 Å². The van der Waals surface area contributed by atoms with E-state index in [4.69, 9.17) is 16.6 Å². The molecule has 106 valence electrons. The maximum atomic E-state index is 5.91. The van der Waals surface area contributed by atoms with Crippen LogP contribution in [0.4, 0.5) is 0 Å². The first-order valence-corrected chi connectivity index (χ1v) is 7.60. The largest absolute Gasteiger partial charge is 0.313 e. The average molecular weight is 283 g/mol. The molecule has 0 fully saturated rings. The fraction of sp³-hybridized carbons (Fsp3) is 0.714. The standard InChI is InChI=1S/C14H23ClN4/c1-5-11(6-2)9-19-12(7-8-15)16-13-10(3)17-18(4)14(13)19/h11H,5-9H2,1-4H3. The number of nitrogens with zero attached hydrogens (tertiary/aromatic N) is 4. The van der Waals surface area contributed by atoms with E-state index in [0.29, 0.717) is 11.8 Å². The molecule has 0 saturated carbocycles. The van der Waals surface area contributed by atoms with Gasteiger partial charge in [0.05, 0.1) is 5.69 Å². The Balaban J connectivity index is 2.50. The van der Waals surface area contributed by atoms with Gasteiger partial charge in [0.25, 0.3) is 0 Å². The highest BCUT2D eigenvalue weighted by Crippen LogP contribution is 2.22. The lowest BCUT2D eigenvalue weighted by atomic mass is 10.0. The summed E-state index contributed by atoms with van der Waals surface area (Å²) in [6.45, 7) is 7.52. The van der Waals surface area contributed by atoms with Crippen LogP contribution in [0.25, 0.3) is 11.2 Å². The summed E-state index contributed by atoms with van der Waals surface area (Å²) in [5.74, 6) is 2.38. The number of halogens is 1. The minimum absolute atomic E-state index is 0.610. The first-order valence-electron chi connectivity index (χ1n) is 7.06. The van der Waals surface area contributed by atoms with Gasteiger partial charge in [-0.3, -0.25) is 4.68 Å². The Labute approximate surface area is 119 Å². The van der Waals surface area contributed by atoms with Crippen LogP contribution in [-0.2, 0) is 20.0 Å². The molecule has 0 unspecified atom stereocenters. The summed E-state index contributed by atoms with van der Waals surface area (Å²) in [6, 6.07) is 0. The lowest BCUT2D eigenvalue weighted by molar-refractivity contribution is 0.414. The number of hydrogen-bond donors (Lipinski definition) is 0. The van der Waals surface area contributed by atoms with Gasteiger partial charge < -0.3 is 4.57 Å². The smallest absolute Gasteiger partial charge is 0.158 e. The van der Waals surface area contributed by atoms with Crippen molar-refractivity contribution in [3.8, 4) is 0 Å². The highest BCUT2D eigenvalue weighted by atomic mass is 35.5. The van der Waals surface area contributed by atoms with Crippen LogP contribution < -0.4 is 0 Å². The zero-order valence-corrected chi connectivity index (χ0v) is 13.0. The molecule has 4 nitrogen and oxygen atoms in total. The summed E-state index contributed by atoms with van der Waals surface area (Å²) in [4.78, 5) is 4.74. The third-order valence-corrected chi connectivity index (χ3v) is 4.07. The molecule has 2 aromatic rings. The van der Waals surface area contributed by atoms with Crippen molar-refractivity contribution >= 4 is 22.8 Å². The Hall–Kier alpha value is -1.03. The molecule has 0 aromatic carbocycles. The number of hydrogen-bond acceptors (Lipinski definition) is 2. The minimum atomic E-state index is 0.610. The number of fused-ring (bicyclic) bond motifs is 1. The highest BCUT2D eigenvalue weighted by molar-refractivity contribution is 6.17. The molecule has 2 rings (SSSR count). The molecule has 0 aliphatic carbocycles. The van der Waals surface area contributed by atoms with Crippen molar-refractivity contribution in [2.45, 2.75) is 46.6 Å². The van der Waals surface area contributed by atoms with E-state index in [2.05, 4.69) is 23.5 Å². The van der Waals surface area contributed by atoms with Crippen LogP contribution in [0.15, 0.2) is 0 Å². The fourth-order valence-corrected chi connectivity index (χ4v) is 2.82. The van der Waals surface area contributed by atoms with Crippen LogP contribution in [0.2, 0.25) is 0 Å². The number of imidazole rings is 1. The molecule has 19 heavy (non-hydrogen) atoms. The Morgan fingerprint density at radius 1 is 1.26 bits per heavy atom. The first kappa shape index (κ1) is 14.4. The van der Waals surface area contributed by atoms with E-state index < -0.39 is 0 Å². The van der Waals surface area contributed by atoms with Crippen molar-refractivity contribution in [1.29, 1.82) is 0 Å². The zero-order valence-electron chi connectivity index (χ0n) is 12.3. The number of rotatable bonds is 6. The molecule has 0 amide bonds. The second kappa shape index (κ2) is 5.95. The lowest BCUT2D eigenvalue weighted by Gasteiger charge is -2.16. The van der Waals surface area contributed by atoms with Gasteiger partial charge in [0.1, 0.15) is 11.3 Å². The van der Waals surface area contributed by atoms with Crippen molar-refractivity contribution < 1.29 is 0 Å². The Kier molecular flexibility index (Phi) is 4.50. The summed E-state index contributed by atoms with van der Waals surface area (Å²) in [5.41, 5.74) is 3.15. The predicted molar refractivity (Wildman–Crippen MR) is 79.7 cm³/mol. The normalized spacial score (nSPS) is 11.9. The van der Waals surface area contributed by atoms with Crippen LogP contribution in [0.5, 0.6) is 0 Å². The fourth-order valence-electron chi connectivity index (χ4n) is 2.65. The molecule has 0 spiro atoms. The van der Waals surface area contributed by atoms with E-state index in [0.717, 1.165) is 35.6 Å². The molecule has 0 radical (unpaired) electrons. The minimum Gasteiger partial charge on any atom is -0.313 e.